The molecule has 0 saturated carbocycles. The first kappa shape index (κ1) is 7.47. The van der Waals surface area contributed by atoms with Crippen molar-refractivity contribution >= 4 is 15.9 Å². The SMILES string of the molecule is O[C@@H]1[C@H](O)CO[C@@H]1CBr. The van der Waals surface area contributed by atoms with Crippen molar-refractivity contribution in [2.75, 3.05) is 11.9 Å². The summed E-state index contributed by atoms with van der Waals surface area (Å²) in [5.74, 6) is 0. The lowest BCUT2D eigenvalue weighted by Crippen LogP contribution is -2.30. The number of hydrogen-bond donors (Lipinski definition) is 2. The Kier molecular flexibility index (Phi) is 2.46. The van der Waals surface area contributed by atoms with E-state index in [1.54, 1.807) is 0 Å². The Balaban J connectivity index is 2.41. The molecular formula is C5H9BrO3. The highest BCUT2D eigenvalue weighted by atomic mass is 79.9. The second-order valence-electron chi connectivity index (χ2n) is 2.08. The van der Waals surface area contributed by atoms with E-state index in [-0.39, 0.29) is 12.7 Å². The molecule has 0 unspecified atom stereocenters. The maximum absolute atomic E-state index is 9.05. The summed E-state index contributed by atoms with van der Waals surface area (Å²) in [6, 6.07) is 0. The molecule has 1 aliphatic rings. The van der Waals surface area contributed by atoms with Crippen LogP contribution in [0.2, 0.25) is 0 Å². The van der Waals surface area contributed by atoms with Crippen molar-refractivity contribution in [1.82, 2.24) is 0 Å². The van der Waals surface area contributed by atoms with Gasteiger partial charge in [-0.2, -0.15) is 0 Å². The molecule has 0 bridgehead atoms. The Labute approximate surface area is 61.8 Å². The Morgan fingerprint density at radius 1 is 1.56 bits per heavy atom. The van der Waals surface area contributed by atoms with E-state index in [0.29, 0.717) is 5.33 Å². The van der Waals surface area contributed by atoms with Gasteiger partial charge in [0.05, 0.1) is 12.7 Å². The maximum atomic E-state index is 9.05. The molecule has 4 heteroatoms. The van der Waals surface area contributed by atoms with Crippen molar-refractivity contribution in [3.05, 3.63) is 0 Å². The fraction of sp³-hybridized carbons (Fsp3) is 1.00. The van der Waals surface area contributed by atoms with E-state index < -0.39 is 12.2 Å². The molecule has 0 aliphatic carbocycles. The van der Waals surface area contributed by atoms with E-state index >= 15 is 0 Å². The van der Waals surface area contributed by atoms with Gasteiger partial charge in [-0.05, 0) is 0 Å². The third-order valence-corrected chi connectivity index (χ3v) is 2.05. The summed E-state index contributed by atoms with van der Waals surface area (Å²) in [5, 5.41) is 18.5. The van der Waals surface area contributed by atoms with Crippen molar-refractivity contribution in [2.24, 2.45) is 0 Å². The minimum absolute atomic E-state index is 0.236. The van der Waals surface area contributed by atoms with Gasteiger partial charge in [0.25, 0.3) is 0 Å². The lowest BCUT2D eigenvalue weighted by atomic mass is 10.2. The van der Waals surface area contributed by atoms with Crippen LogP contribution in [-0.4, -0.2) is 40.5 Å². The van der Waals surface area contributed by atoms with Gasteiger partial charge in [-0.25, -0.2) is 0 Å². The molecule has 2 N–H and O–H groups in total. The van der Waals surface area contributed by atoms with Crippen LogP contribution in [0.25, 0.3) is 0 Å². The van der Waals surface area contributed by atoms with Crippen LogP contribution in [0.3, 0.4) is 0 Å². The van der Waals surface area contributed by atoms with Crippen LogP contribution < -0.4 is 0 Å². The Morgan fingerprint density at radius 3 is 2.44 bits per heavy atom. The van der Waals surface area contributed by atoms with Crippen LogP contribution >= 0.6 is 15.9 Å². The molecule has 3 atom stereocenters. The highest BCUT2D eigenvalue weighted by Crippen LogP contribution is 2.15. The second kappa shape index (κ2) is 2.96. The average Bonchev–Trinajstić information content (AvgIpc) is 2.15. The molecule has 1 rings (SSSR count). The van der Waals surface area contributed by atoms with Crippen molar-refractivity contribution in [3.63, 3.8) is 0 Å². The van der Waals surface area contributed by atoms with Crippen molar-refractivity contribution in [3.8, 4) is 0 Å². The number of rotatable bonds is 1. The summed E-state index contributed by atoms with van der Waals surface area (Å²) in [6.07, 6.45) is -1.66. The van der Waals surface area contributed by atoms with Crippen molar-refractivity contribution in [2.45, 2.75) is 18.3 Å². The third kappa shape index (κ3) is 1.43. The molecule has 1 fully saturated rings. The largest absolute Gasteiger partial charge is 0.388 e. The van der Waals surface area contributed by atoms with E-state index in [1.165, 1.54) is 0 Å². The molecule has 1 aliphatic heterocycles. The minimum atomic E-state index is -0.718. The standard InChI is InChI=1S/C5H9BrO3/c6-1-4-5(8)3(7)2-9-4/h3-5,7-8H,1-2H2/t3-,4-,5-/m1/s1. The predicted octanol–water partition coefficient (Wildman–Crippen LogP) is -0.498. The molecule has 54 valence electrons. The summed E-state index contributed by atoms with van der Waals surface area (Å²) >= 11 is 3.15. The van der Waals surface area contributed by atoms with Crippen LogP contribution in [0, 0.1) is 0 Å². The lowest BCUT2D eigenvalue weighted by Gasteiger charge is -2.10. The predicted molar refractivity (Wildman–Crippen MR) is 35.5 cm³/mol. The van der Waals surface area contributed by atoms with Gasteiger partial charge >= 0.3 is 0 Å². The molecule has 3 nitrogen and oxygen atoms in total. The van der Waals surface area contributed by atoms with Crippen LogP contribution in [0.15, 0.2) is 0 Å². The van der Waals surface area contributed by atoms with Gasteiger partial charge in [0.2, 0.25) is 0 Å². The zero-order valence-corrected chi connectivity index (χ0v) is 6.41. The topological polar surface area (TPSA) is 49.7 Å². The molecule has 0 spiro atoms. The zero-order valence-electron chi connectivity index (χ0n) is 4.83. The van der Waals surface area contributed by atoms with Crippen molar-refractivity contribution < 1.29 is 14.9 Å². The first-order chi connectivity index (χ1) is 4.25. The summed E-state index contributed by atoms with van der Waals surface area (Å²) in [6.45, 7) is 0.247. The smallest absolute Gasteiger partial charge is 0.109 e. The van der Waals surface area contributed by atoms with Gasteiger partial charge in [-0.3, -0.25) is 0 Å². The summed E-state index contributed by atoms with van der Waals surface area (Å²) in [4.78, 5) is 0. The molecule has 0 aromatic rings. The van der Waals surface area contributed by atoms with Gasteiger partial charge in [-0.15, -0.1) is 0 Å². The number of alkyl halides is 1. The monoisotopic (exact) mass is 196 g/mol. The Morgan fingerprint density at radius 2 is 2.22 bits per heavy atom. The average molecular weight is 197 g/mol. The minimum Gasteiger partial charge on any atom is -0.388 e. The molecular weight excluding hydrogens is 188 g/mol. The third-order valence-electron chi connectivity index (χ3n) is 1.41. The van der Waals surface area contributed by atoms with E-state index in [0.717, 1.165) is 0 Å². The molecule has 0 amide bonds. The number of halogens is 1. The number of aliphatic hydroxyl groups excluding tert-OH is 2. The normalized spacial score (nSPS) is 43.7. The fourth-order valence-corrected chi connectivity index (χ4v) is 1.37. The molecule has 0 aromatic carbocycles. The van der Waals surface area contributed by atoms with Crippen LogP contribution in [0.1, 0.15) is 0 Å². The van der Waals surface area contributed by atoms with Gasteiger partial charge in [0.15, 0.2) is 0 Å². The first-order valence-electron chi connectivity index (χ1n) is 2.79. The summed E-state index contributed by atoms with van der Waals surface area (Å²) in [7, 11) is 0. The second-order valence-corrected chi connectivity index (χ2v) is 2.73. The van der Waals surface area contributed by atoms with Crippen molar-refractivity contribution in [1.29, 1.82) is 0 Å². The number of aliphatic hydroxyl groups is 2. The highest BCUT2D eigenvalue weighted by Gasteiger charge is 2.33. The highest BCUT2D eigenvalue weighted by molar-refractivity contribution is 9.09. The van der Waals surface area contributed by atoms with Gasteiger partial charge in [0, 0.05) is 5.33 Å². The van der Waals surface area contributed by atoms with E-state index in [4.69, 9.17) is 14.9 Å². The fourth-order valence-electron chi connectivity index (χ4n) is 0.803. The van der Waals surface area contributed by atoms with E-state index in [9.17, 15) is 0 Å². The molecule has 0 radical (unpaired) electrons. The van der Waals surface area contributed by atoms with Crippen LogP contribution in [-0.2, 0) is 4.74 Å². The molecule has 1 saturated heterocycles. The number of ether oxygens (including phenoxy) is 1. The van der Waals surface area contributed by atoms with Crippen LogP contribution in [0.4, 0.5) is 0 Å². The molecule has 0 aromatic heterocycles. The first-order valence-corrected chi connectivity index (χ1v) is 3.91. The molecule has 9 heavy (non-hydrogen) atoms. The van der Waals surface area contributed by atoms with Gasteiger partial charge < -0.3 is 14.9 Å². The van der Waals surface area contributed by atoms with Crippen LogP contribution in [0.5, 0.6) is 0 Å². The quantitative estimate of drug-likeness (QED) is 0.557. The Bertz CT molecular complexity index is 98.2. The maximum Gasteiger partial charge on any atom is 0.109 e. The summed E-state index contributed by atoms with van der Waals surface area (Å²) in [5.41, 5.74) is 0. The molecule has 1 heterocycles. The number of hydrogen-bond acceptors (Lipinski definition) is 3. The van der Waals surface area contributed by atoms with Gasteiger partial charge in [0.1, 0.15) is 12.2 Å². The van der Waals surface area contributed by atoms with E-state index in [2.05, 4.69) is 15.9 Å². The van der Waals surface area contributed by atoms with Gasteiger partial charge in [-0.1, -0.05) is 15.9 Å². The Hall–Kier alpha value is 0.360. The lowest BCUT2D eigenvalue weighted by molar-refractivity contribution is 0.0342. The zero-order chi connectivity index (χ0) is 6.85. The van der Waals surface area contributed by atoms with E-state index in [1.807, 2.05) is 0 Å². The summed E-state index contributed by atoms with van der Waals surface area (Å²) < 4.78 is 4.98.